The molecule has 3 N–H and O–H groups in total. The van der Waals surface area contributed by atoms with Crippen LogP contribution >= 0.6 is 0 Å². The smallest absolute Gasteiger partial charge is 0.0402 e. The summed E-state index contributed by atoms with van der Waals surface area (Å²) in [5.74, 6) is 0. The van der Waals surface area contributed by atoms with Crippen LogP contribution in [-0.4, -0.2) is 35.1 Å². The first-order valence-corrected chi connectivity index (χ1v) is 5.33. The van der Waals surface area contributed by atoms with E-state index in [1.165, 1.54) is 0 Å². The average Bonchev–Trinajstić information content (AvgIpc) is 2.22. The molecule has 0 saturated heterocycles. The molecule has 3 nitrogen and oxygen atoms in total. The Balaban J connectivity index is -0.0000000734. The van der Waals surface area contributed by atoms with Crippen molar-refractivity contribution >= 4 is 0 Å². The van der Waals surface area contributed by atoms with E-state index >= 15 is 0 Å². The van der Waals surface area contributed by atoms with Gasteiger partial charge in [0.25, 0.3) is 0 Å². The summed E-state index contributed by atoms with van der Waals surface area (Å²) >= 11 is 0. The number of aliphatic hydroxyl groups excluding tert-OH is 3. The molecule has 0 spiro atoms. The second-order valence-corrected chi connectivity index (χ2v) is 2.43. The maximum Gasteiger partial charge on any atom is 0.0402 e. The van der Waals surface area contributed by atoms with Gasteiger partial charge in [0.05, 0.1) is 0 Å². The fourth-order valence-electron chi connectivity index (χ4n) is 0.478. The quantitative estimate of drug-likeness (QED) is 0.501. The summed E-state index contributed by atoms with van der Waals surface area (Å²) < 4.78 is 0. The van der Waals surface area contributed by atoms with Crippen LogP contribution < -0.4 is 0 Å². The van der Waals surface area contributed by atoms with E-state index in [-0.39, 0.29) is 41.5 Å². The molecule has 0 fully saturated rings. The molecule has 1 aromatic carbocycles. The third-order valence-corrected chi connectivity index (χ3v) is 0.843. The van der Waals surface area contributed by atoms with Crippen molar-refractivity contribution in [2.45, 2.75) is 20.8 Å². The number of hydrogen-bond donors (Lipinski definition) is 3. The van der Waals surface area contributed by atoms with E-state index in [2.05, 4.69) is 6.92 Å². The zero-order chi connectivity index (χ0) is 13.2. The molecule has 0 unspecified atom stereocenters. The fraction of sp³-hybridized carbons (Fsp3) is 0.462. The van der Waals surface area contributed by atoms with Crippen molar-refractivity contribution < 1.29 is 37.0 Å². The predicted molar refractivity (Wildman–Crippen MR) is 69.2 cm³/mol. The van der Waals surface area contributed by atoms with Crippen LogP contribution in [0.2, 0.25) is 0 Å². The first-order chi connectivity index (χ1) is 7.64. The van der Waals surface area contributed by atoms with E-state index in [0.717, 1.165) is 5.56 Å². The molecule has 0 aromatic heterocycles. The van der Waals surface area contributed by atoms with E-state index in [1.54, 1.807) is 20.8 Å². The minimum Gasteiger partial charge on any atom is -0.397 e. The summed E-state index contributed by atoms with van der Waals surface area (Å²) in [4.78, 5) is 0. The van der Waals surface area contributed by atoms with Gasteiger partial charge in [-0.25, -0.2) is 0 Å². The van der Waals surface area contributed by atoms with E-state index < -0.39 is 0 Å². The van der Waals surface area contributed by atoms with E-state index in [9.17, 15) is 0 Å². The second kappa shape index (κ2) is 29.6. The first kappa shape index (κ1) is 25.5. The Hall–Kier alpha value is -0.316. The Labute approximate surface area is 120 Å². The Morgan fingerprint density at radius 2 is 1.06 bits per heavy atom. The topological polar surface area (TPSA) is 60.7 Å². The minimum absolute atomic E-state index is 0. The van der Waals surface area contributed by atoms with Crippen LogP contribution in [-0.2, 0) is 21.7 Å². The molecule has 1 aromatic rings. The summed E-state index contributed by atoms with van der Waals surface area (Å²) in [5.41, 5.74) is 1.07. The maximum atomic E-state index is 7.57. The summed E-state index contributed by atoms with van der Waals surface area (Å²) in [7, 11) is 0. The SMILES string of the molecule is CCO.CCO.CCO.[CH2-]c1ccccc1.[Ti]. The van der Waals surface area contributed by atoms with Gasteiger partial charge >= 0.3 is 0 Å². The first-order valence-electron chi connectivity index (χ1n) is 5.33. The molecule has 0 saturated carbocycles. The molecule has 100 valence electrons. The molecule has 0 aliphatic heterocycles. The Kier molecular flexibility index (Phi) is 44.5. The predicted octanol–water partition coefficient (Wildman–Crippen LogP) is 1.86. The monoisotopic (exact) mass is 277 g/mol. The summed E-state index contributed by atoms with van der Waals surface area (Å²) in [6, 6.07) is 9.87. The Morgan fingerprint density at radius 1 is 0.824 bits per heavy atom. The van der Waals surface area contributed by atoms with Crippen LogP contribution in [0.4, 0.5) is 0 Å². The molecule has 0 bridgehead atoms. The molecule has 0 amide bonds. The van der Waals surface area contributed by atoms with Gasteiger partial charge in [-0.1, -0.05) is 6.07 Å². The van der Waals surface area contributed by atoms with Gasteiger partial charge in [-0.15, -0.1) is 12.1 Å². The Morgan fingerprint density at radius 3 is 1.18 bits per heavy atom. The number of rotatable bonds is 0. The normalized spacial score (nSPS) is 6.71. The molecule has 17 heavy (non-hydrogen) atoms. The maximum absolute atomic E-state index is 7.57. The van der Waals surface area contributed by atoms with Gasteiger partial charge in [0, 0.05) is 41.5 Å². The molecular weight excluding hydrogens is 252 g/mol. The zero-order valence-corrected chi connectivity index (χ0v) is 12.6. The van der Waals surface area contributed by atoms with Gasteiger partial charge in [0.15, 0.2) is 0 Å². The van der Waals surface area contributed by atoms with Crippen molar-refractivity contribution in [3.63, 3.8) is 0 Å². The van der Waals surface area contributed by atoms with Gasteiger partial charge in [0.1, 0.15) is 0 Å². The molecule has 1 rings (SSSR count). The van der Waals surface area contributed by atoms with Crippen molar-refractivity contribution in [2.24, 2.45) is 0 Å². The summed E-state index contributed by atoms with van der Waals surface area (Å²) in [6.07, 6.45) is 0. The molecule has 0 aliphatic rings. The number of hydrogen-bond acceptors (Lipinski definition) is 3. The van der Waals surface area contributed by atoms with Crippen LogP contribution in [0.3, 0.4) is 0 Å². The molecular formula is C13H25O3Ti-. The van der Waals surface area contributed by atoms with E-state index in [0.29, 0.717) is 0 Å². The largest absolute Gasteiger partial charge is 0.397 e. The van der Waals surface area contributed by atoms with E-state index in [4.69, 9.17) is 15.3 Å². The van der Waals surface area contributed by atoms with E-state index in [1.807, 2.05) is 30.3 Å². The van der Waals surface area contributed by atoms with Gasteiger partial charge in [0.2, 0.25) is 0 Å². The number of benzene rings is 1. The summed E-state index contributed by atoms with van der Waals surface area (Å²) in [5, 5.41) is 22.7. The molecule has 0 radical (unpaired) electrons. The zero-order valence-electron chi connectivity index (χ0n) is 11.1. The number of aliphatic hydroxyl groups is 3. The van der Waals surface area contributed by atoms with Crippen LogP contribution in [0, 0.1) is 6.92 Å². The third kappa shape index (κ3) is 49.7. The van der Waals surface area contributed by atoms with Crippen LogP contribution in [0.15, 0.2) is 30.3 Å². The average molecular weight is 277 g/mol. The van der Waals surface area contributed by atoms with Gasteiger partial charge in [-0.2, -0.15) is 24.6 Å². The van der Waals surface area contributed by atoms with Crippen molar-refractivity contribution in [1.29, 1.82) is 0 Å². The van der Waals surface area contributed by atoms with Crippen LogP contribution in [0.1, 0.15) is 26.3 Å². The van der Waals surface area contributed by atoms with Gasteiger partial charge in [-0.3, -0.25) is 0 Å². The summed E-state index contributed by atoms with van der Waals surface area (Å²) in [6.45, 7) is 9.51. The van der Waals surface area contributed by atoms with Crippen molar-refractivity contribution in [1.82, 2.24) is 0 Å². The molecule has 0 heterocycles. The van der Waals surface area contributed by atoms with Crippen molar-refractivity contribution in [3.8, 4) is 0 Å². The van der Waals surface area contributed by atoms with Crippen molar-refractivity contribution in [2.75, 3.05) is 19.8 Å². The van der Waals surface area contributed by atoms with Crippen LogP contribution in [0.25, 0.3) is 0 Å². The van der Waals surface area contributed by atoms with Crippen LogP contribution in [0.5, 0.6) is 0 Å². The fourth-order valence-corrected chi connectivity index (χ4v) is 0.478. The standard InChI is InChI=1S/C7H7.3C2H6O.Ti/c1-7-5-3-2-4-6-7;3*1-2-3;/h2-6H,1H2;3*3H,2H2,1H3;/q-1;;;;. The second-order valence-electron chi connectivity index (χ2n) is 2.43. The van der Waals surface area contributed by atoms with Gasteiger partial charge in [-0.05, 0) is 20.8 Å². The van der Waals surface area contributed by atoms with Gasteiger partial charge < -0.3 is 15.3 Å². The minimum atomic E-state index is 0. The Bertz CT molecular complexity index is 177. The molecule has 4 heteroatoms. The third-order valence-electron chi connectivity index (χ3n) is 0.843. The molecule has 0 aliphatic carbocycles. The molecule has 0 atom stereocenters. The van der Waals surface area contributed by atoms with Crippen molar-refractivity contribution in [3.05, 3.63) is 42.8 Å².